The minimum atomic E-state index is -4.42. The Kier molecular flexibility index (Phi) is 3.08. The molecule has 96 valence electrons. The summed E-state index contributed by atoms with van der Waals surface area (Å²) in [5.74, 6) is 0.308. The number of alkyl halides is 3. The molecule has 0 aliphatic heterocycles. The Bertz CT molecular complexity index is 545. The number of nitrogens with zero attached hydrogens (tertiary/aromatic N) is 3. The molecule has 0 saturated carbocycles. The first kappa shape index (κ1) is 12.6. The molecule has 2 rings (SSSR count). The van der Waals surface area contributed by atoms with Gasteiger partial charge in [-0.05, 0) is 13.0 Å². The zero-order valence-corrected chi connectivity index (χ0v) is 9.52. The number of aromatic nitrogens is 3. The van der Waals surface area contributed by atoms with Crippen LogP contribution in [-0.4, -0.2) is 14.8 Å². The predicted octanol–water partition coefficient (Wildman–Crippen LogP) is 2.31. The van der Waals surface area contributed by atoms with Gasteiger partial charge in [0.15, 0.2) is 5.82 Å². The minimum Gasteiger partial charge on any atom is -0.324 e. The molecule has 18 heavy (non-hydrogen) atoms. The molecule has 0 bridgehead atoms. The van der Waals surface area contributed by atoms with Gasteiger partial charge in [-0.25, -0.2) is 9.67 Å². The zero-order chi connectivity index (χ0) is 13.3. The molecule has 0 spiro atoms. The molecular formula is C11H11F3N4. The predicted molar refractivity (Wildman–Crippen MR) is 59.0 cm³/mol. The van der Waals surface area contributed by atoms with Crippen LogP contribution < -0.4 is 5.73 Å². The summed E-state index contributed by atoms with van der Waals surface area (Å²) >= 11 is 0. The summed E-state index contributed by atoms with van der Waals surface area (Å²) in [5, 5.41) is 3.67. The first-order valence-corrected chi connectivity index (χ1v) is 5.22. The molecule has 1 atom stereocenters. The molecule has 1 unspecified atom stereocenters. The van der Waals surface area contributed by atoms with Crippen LogP contribution in [0.15, 0.2) is 30.7 Å². The second-order valence-electron chi connectivity index (χ2n) is 3.88. The van der Waals surface area contributed by atoms with Gasteiger partial charge in [0.25, 0.3) is 0 Å². The summed E-state index contributed by atoms with van der Waals surface area (Å²) in [6, 6.07) is 3.05. The van der Waals surface area contributed by atoms with Crippen molar-refractivity contribution >= 4 is 0 Å². The lowest BCUT2D eigenvalue weighted by Crippen LogP contribution is -2.11. The van der Waals surface area contributed by atoms with Crippen molar-refractivity contribution in [3.05, 3.63) is 41.9 Å². The molecule has 0 amide bonds. The highest BCUT2D eigenvalue weighted by Gasteiger charge is 2.32. The van der Waals surface area contributed by atoms with Crippen molar-refractivity contribution in [2.75, 3.05) is 0 Å². The van der Waals surface area contributed by atoms with Crippen molar-refractivity contribution in [2.24, 2.45) is 5.73 Å². The van der Waals surface area contributed by atoms with Crippen LogP contribution in [-0.2, 0) is 6.18 Å². The standard InChI is InChI=1S/C11H11F3N4/c1-7(15)9-3-2-4-16-10(9)18-6-8(5-17-18)11(12,13)14/h2-7H,15H2,1H3. The zero-order valence-electron chi connectivity index (χ0n) is 9.52. The van der Waals surface area contributed by atoms with E-state index in [1.807, 2.05) is 0 Å². The maximum Gasteiger partial charge on any atom is 0.419 e. The van der Waals surface area contributed by atoms with Crippen LogP contribution >= 0.6 is 0 Å². The Morgan fingerprint density at radius 2 is 2.11 bits per heavy atom. The van der Waals surface area contributed by atoms with Crippen LogP contribution in [0, 0.1) is 0 Å². The van der Waals surface area contributed by atoms with Crippen molar-refractivity contribution in [2.45, 2.75) is 19.1 Å². The third-order valence-corrected chi connectivity index (χ3v) is 2.43. The molecule has 2 aromatic rings. The summed E-state index contributed by atoms with van der Waals surface area (Å²) < 4.78 is 38.5. The van der Waals surface area contributed by atoms with Gasteiger partial charge in [0, 0.05) is 24.0 Å². The van der Waals surface area contributed by atoms with Crippen LogP contribution in [0.25, 0.3) is 5.82 Å². The number of halogens is 3. The first-order chi connectivity index (χ1) is 8.39. The lowest BCUT2D eigenvalue weighted by atomic mass is 10.1. The first-order valence-electron chi connectivity index (χ1n) is 5.22. The lowest BCUT2D eigenvalue weighted by Gasteiger charge is -2.10. The Morgan fingerprint density at radius 3 is 2.67 bits per heavy atom. The van der Waals surface area contributed by atoms with Crippen molar-refractivity contribution < 1.29 is 13.2 Å². The van der Waals surface area contributed by atoms with E-state index < -0.39 is 11.7 Å². The summed E-state index contributed by atoms with van der Waals surface area (Å²) in [5.41, 5.74) is 5.56. The van der Waals surface area contributed by atoms with E-state index in [9.17, 15) is 13.2 Å². The quantitative estimate of drug-likeness (QED) is 0.897. The maximum atomic E-state index is 12.5. The van der Waals surface area contributed by atoms with Gasteiger partial charge in [0.1, 0.15) is 0 Å². The van der Waals surface area contributed by atoms with Crippen LogP contribution in [0.5, 0.6) is 0 Å². The number of rotatable bonds is 2. The van der Waals surface area contributed by atoms with Crippen molar-refractivity contribution in [3.63, 3.8) is 0 Å². The van der Waals surface area contributed by atoms with Gasteiger partial charge in [-0.1, -0.05) is 6.07 Å². The van der Waals surface area contributed by atoms with Crippen molar-refractivity contribution in [1.82, 2.24) is 14.8 Å². The molecule has 2 N–H and O–H groups in total. The normalized spacial score (nSPS) is 13.6. The van der Waals surface area contributed by atoms with Crippen LogP contribution in [0.4, 0.5) is 13.2 Å². The van der Waals surface area contributed by atoms with E-state index in [1.165, 1.54) is 6.20 Å². The van der Waals surface area contributed by atoms with Gasteiger partial charge in [-0.3, -0.25) is 0 Å². The minimum absolute atomic E-state index is 0.308. The van der Waals surface area contributed by atoms with Crippen molar-refractivity contribution in [3.8, 4) is 5.82 Å². The summed E-state index contributed by atoms with van der Waals surface area (Å²) in [7, 11) is 0. The molecule has 0 aromatic carbocycles. The topological polar surface area (TPSA) is 56.7 Å². The Hall–Kier alpha value is -1.89. The molecule has 0 radical (unpaired) electrons. The maximum absolute atomic E-state index is 12.5. The highest BCUT2D eigenvalue weighted by atomic mass is 19.4. The lowest BCUT2D eigenvalue weighted by molar-refractivity contribution is -0.137. The molecule has 0 aliphatic carbocycles. The monoisotopic (exact) mass is 256 g/mol. The third kappa shape index (κ3) is 2.35. The number of hydrogen-bond acceptors (Lipinski definition) is 3. The van der Waals surface area contributed by atoms with E-state index >= 15 is 0 Å². The third-order valence-electron chi connectivity index (χ3n) is 2.43. The summed E-state index contributed by atoms with van der Waals surface area (Å²) in [4.78, 5) is 4.02. The smallest absolute Gasteiger partial charge is 0.324 e. The fourth-order valence-corrected chi connectivity index (χ4v) is 1.54. The molecule has 2 aromatic heterocycles. The van der Waals surface area contributed by atoms with E-state index in [2.05, 4.69) is 10.1 Å². The fourth-order valence-electron chi connectivity index (χ4n) is 1.54. The van der Waals surface area contributed by atoms with Gasteiger partial charge in [0.05, 0.1) is 11.8 Å². The van der Waals surface area contributed by atoms with E-state index in [4.69, 9.17) is 5.73 Å². The van der Waals surface area contributed by atoms with Crippen LogP contribution in [0.1, 0.15) is 24.1 Å². The van der Waals surface area contributed by atoms with Gasteiger partial charge in [-0.15, -0.1) is 0 Å². The number of nitrogens with two attached hydrogens (primary N) is 1. The molecular weight excluding hydrogens is 245 g/mol. The van der Waals surface area contributed by atoms with Crippen molar-refractivity contribution in [1.29, 1.82) is 0 Å². The molecule has 4 nitrogen and oxygen atoms in total. The Labute approximate surface area is 101 Å². The summed E-state index contributed by atoms with van der Waals surface area (Å²) in [6.07, 6.45) is -1.27. The van der Waals surface area contributed by atoms with E-state index in [0.717, 1.165) is 17.1 Å². The molecule has 0 saturated heterocycles. The van der Waals surface area contributed by atoms with Gasteiger partial charge in [0.2, 0.25) is 0 Å². The fraction of sp³-hybridized carbons (Fsp3) is 0.273. The second-order valence-corrected chi connectivity index (χ2v) is 3.88. The van der Waals surface area contributed by atoms with Crippen LogP contribution in [0.3, 0.4) is 0 Å². The average Bonchev–Trinajstić information content (AvgIpc) is 2.77. The molecule has 0 fully saturated rings. The highest BCUT2D eigenvalue weighted by molar-refractivity contribution is 5.35. The summed E-state index contributed by atoms with van der Waals surface area (Å²) in [6.45, 7) is 1.73. The molecule has 7 heteroatoms. The van der Waals surface area contributed by atoms with E-state index in [0.29, 0.717) is 11.4 Å². The van der Waals surface area contributed by atoms with E-state index in [1.54, 1.807) is 19.1 Å². The van der Waals surface area contributed by atoms with E-state index in [-0.39, 0.29) is 6.04 Å². The Morgan fingerprint density at radius 1 is 1.39 bits per heavy atom. The SMILES string of the molecule is CC(N)c1cccnc1-n1cc(C(F)(F)F)cn1. The number of hydrogen-bond donors (Lipinski definition) is 1. The van der Waals surface area contributed by atoms with Gasteiger partial charge >= 0.3 is 6.18 Å². The largest absolute Gasteiger partial charge is 0.419 e. The average molecular weight is 256 g/mol. The Balaban J connectivity index is 2.47. The molecule has 2 heterocycles. The highest BCUT2D eigenvalue weighted by Crippen LogP contribution is 2.29. The van der Waals surface area contributed by atoms with Gasteiger partial charge < -0.3 is 5.73 Å². The number of pyridine rings is 1. The molecule has 0 aliphatic rings. The van der Waals surface area contributed by atoms with Crippen LogP contribution in [0.2, 0.25) is 0 Å². The van der Waals surface area contributed by atoms with Gasteiger partial charge in [-0.2, -0.15) is 18.3 Å². The second kappa shape index (κ2) is 4.41.